The van der Waals surface area contributed by atoms with E-state index in [-0.39, 0.29) is 21.9 Å². The molecule has 19 heavy (non-hydrogen) atoms. The van der Waals surface area contributed by atoms with Gasteiger partial charge in [-0.1, -0.05) is 23.9 Å². The summed E-state index contributed by atoms with van der Waals surface area (Å²) < 4.78 is 0.283. The molecule has 2 rings (SSSR count). The molecule has 1 aromatic rings. The predicted molar refractivity (Wildman–Crippen MR) is 76.9 cm³/mol. The molecule has 0 aliphatic carbocycles. The summed E-state index contributed by atoms with van der Waals surface area (Å²) in [6.45, 7) is 1.31. The first-order valence-electron chi connectivity index (χ1n) is 5.31. The SMILES string of the molecule is CC(=O)NN1C(=O)/C(=C/c2ccc(O)cc2)SC1=S. The molecule has 1 aliphatic heterocycles. The zero-order valence-electron chi connectivity index (χ0n) is 9.91. The minimum Gasteiger partial charge on any atom is -0.508 e. The number of phenolic OH excluding ortho intramolecular Hbond substituents is 1. The van der Waals surface area contributed by atoms with Crippen LogP contribution in [0.15, 0.2) is 29.2 Å². The normalized spacial score (nSPS) is 17.1. The average molecular weight is 294 g/mol. The summed E-state index contributed by atoms with van der Waals surface area (Å²) in [7, 11) is 0. The van der Waals surface area contributed by atoms with Crippen LogP contribution in [-0.4, -0.2) is 26.3 Å². The van der Waals surface area contributed by atoms with Crippen LogP contribution < -0.4 is 5.43 Å². The number of carbonyl (C=O) groups excluding carboxylic acids is 2. The Kier molecular flexibility index (Phi) is 3.87. The second kappa shape index (κ2) is 5.41. The van der Waals surface area contributed by atoms with Crippen LogP contribution in [0.3, 0.4) is 0 Å². The number of hydrogen-bond acceptors (Lipinski definition) is 5. The molecule has 5 nitrogen and oxygen atoms in total. The smallest absolute Gasteiger partial charge is 0.285 e. The highest BCUT2D eigenvalue weighted by Crippen LogP contribution is 2.31. The van der Waals surface area contributed by atoms with Crippen LogP contribution in [0.25, 0.3) is 6.08 Å². The van der Waals surface area contributed by atoms with Gasteiger partial charge in [-0.3, -0.25) is 15.0 Å². The second-order valence-electron chi connectivity index (χ2n) is 3.78. The molecule has 0 spiro atoms. The lowest BCUT2D eigenvalue weighted by molar-refractivity contribution is -0.131. The molecule has 1 aromatic carbocycles. The number of benzene rings is 1. The number of hydrogen-bond donors (Lipinski definition) is 2. The van der Waals surface area contributed by atoms with Gasteiger partial charge in [0.05, 0.1) is 4.91 Å². The number of thiocarbonyl (C=S) groups is 1. The number of amides is 2. The minimum absolute atomic E-state index is 0.156. The summed E-state index contributed by atoms with van der Waals surface area (Å²) in [4.78, 5) is 23.4. The highest BCUT2D eigenvalue weighted by Gasteiger charge is 2.32. The summed E-state index contributed by atoms with van der Waals surface area (Å²) >= 11 is 6.14. The van der Waals surface area contributed by atoms with Gasteiger partial charge in [0.25, 0.3) is 5.91 Å². The molecule has 98 valence electrons. The Morgan fingerprint density at radius 3 is 2.63 bits per heavy atom. The highest BCUT2D eigenvalue weighted by molar-refractivity contribution is 8.26. The van der Waals surface area contributed by atoms with Gasteiger partial charge in [-0.15, -0.1) is 0 Å². The molecule has 0 saturated carbocycles. The van der Waals surface area contributed by atoms with Gasteiger partial charge in [-0.05, 0) is 36.0 Å². The fourth-order valence-corrected chi connectivity index (χ4v) is 2.62. The van der Waals surface area contributed by atoms with Crippen molar-refractivity contribution in [3.8, 4) is 5.75 Å². The molecule has 1 aliphatic rings. The Hall–Kier alpha value is -1.86. The van der Waals surface area contributed by atoms with Gasteiger partial charge in [-0.25, -0.2) is 0 Å². The molecular weight excluding hydrogens is 284 g/mol. The van der Waals surface area contributed by atoms with Gasteiger partial charge in [0.2, 0.25) is 5.91 Å². The van der Waals surface area contributed by atoms with Crippen molar-refractivity contribution in [2.24, 2.45) is 0 Å². The van der Waals surface area contributed by atoms with Crippen molar-refractivity contribution in [1.29, 1.82) is 0 Å². The number of phenols is 1. The number of rotatable bonds is 2. The van der Waals surface area contributed by atoms with Crippen LogP contribution in [0.5, 0.6) is 5.75 Å². The maximum Gasteiger partial charge on any atom is 0.285 e. The van der Waals surface area contributed by atoms with Gasteiger partial charge < -0.3 is 5.11 Å². The van der Waals surface area contributed by atoms with Crippen LogP contribution in [-0.2, 0) is 9.59 Å². The van der Waals surface area contributed by atoms with E-state index in [4.69, 9.17) is 12.2 Å². The minimum atomic E-state index is -0.363. The quantitative estimate of drug-likeness (QED) is 0.641. The Bertz CT molecular complexity index is 581. The van der Waals surface area contributed by atoms with E-state index in [0.29, 0.717) is 4.91 Å². The summed E-state index contributed by atoms with van der Waals surface area (Å²) in [6, 6.07) is 6.42. The molecule has 7 heteroatoms. The third-order valence-corrected chi connectivity index (χ3v) is 3.56. The van der Waals surface area contributed by atoms with Crippen molar-refractivity contribution < 1.29 is 14.7 Å². The predicted octanol–water partition coefficient (Wildman–Crippen LogP) is 1.64. The van der Waals surface area contributed by atoms with Crippen molar-refractivity contribution >= 4 is 46.2 Å². The maximum atomic E-state index is 12.0. The molecule has 1 saturated heterocycles. The van der Waals surface area contributed by atoms with Gasteiger partial charge in [-0.2, -0.15) is 5.01 Å². The Balaban J connectivity index is 2.23. The second-order valence-corrected chi connectivity index (χ2v) is 5.45. The summed E-state index contributed by atoms with van der Waals surface area (Å²) in [5, 5.41) is 10.2. The molecule has 0 unspecified atom stereocenters. The van der Waals surface area contributed by atoms with Crippen molar-refractivity contribution in [2.45, 2.75) is 6.92 Å². The van der Waals surface area contributed by atoms with Gasteiger partial charge in [0.1, 0.15) is 5.75 Å². The first-order chi connectivity index (χ1) is 8.97. The van der Waals surface area contributed by atoms with Crippen LogP contribution in [0.2, 0.25) is 0 Å². The fraction of sp³-hybridized carbons (Fsp3) is 0.0833. The number of nitrogens with zero attached hydrogens (tertiary/aromatic N) is 1. The Morgan fingerprint density at radius 1 is 1.42 bits per heavy atom. The fourth-order valence-electron chi connectivity index (χ4n) is 1.44. The summed E-state index contributed by atoms with van der Waals surface area (Å²) in [5.41, 5.74) is 3.13. The zero-order chi connectivity index (χ0) is 14.0. The zero-order valence-corrected chi connectivity index (χ0v) is 11.5. The lowest BCUT2D eigenvalue weighted by atomic mass is 10.2. The molecule has 0 radical (unpaired) electrons. The van der Waals surface area contributed by atoms with E-state index in [1.165, 1.54) is 19.1 Å². The Morgan fingerprint density at radius 2 is 2.05 bits per heavy atom. The van der Waals surface area contributed by atoms with Crippen molar-refractivity contribution in [3.63, 3.8) is 0 Å². The average Bonchev–Trinajstić information content (AvgIpc) is 2.60. The van der Waals surface area contributed by atoms with E-state index in [9.17, 15) is 14.7 Å². The first kappa shape index (κ1) is 13.6. The molecule has 0 aromatic heterocycles. The van der Waals surface area contributed by atoms with Crippen molar-refractivity contribution in [3.05, 3.63) is 34.7 Å². The van der Waals surface area contributed by atoms with Crippen molar-refractivity contribution in [2.75, 3.05) is 0 Å². The summed E-state index contributed by atoms with van der Waals surface area (Å²) in [5.74, 6) is -0.566. The molecule has 1 fully saturated rings. The number of hydrazine groups is 1. The molecule has 2 amide bonds. The van der Waals surface area contributed by atoms with E-state index in [2.05, 4.69) is 5.43 Å². The van der Waals surface area contributed by atoms with Crippen LogP contribution in [0.4, 0.5) is 0 Å². The topological polar surface area (TPSA) is 69.6 Å². The van der Waals surface area contributed by atoms with E-state index < -0.39 is 0 Å². The molecular formula is C12H10N2O3S2. The van der Waals surface area contributed by atoms with E-state index in [0.717, 1.165) is 22.3 Å². The molecule has 0 atom stereocenters. The first-order valence-corrected chi connectivity index (χ1v) is 6.54. The number of aromatic hydroxyl groups is 1. The van der Waals surface area contributed by atoms with Crippen LogP contribution in [0.1, 0.15) is 12.5 Å². The Labute approximate surface area is 119 Å². The number of thioether (sulfide) groups is 1. The van der Waals surface area contributed by atoms with Gasteiger partial charge in [0.15, 0.2) is 4.32 Å². The lowest BCUT2D eigenvalue weighted by Gasteiger charge is -2.13. The highest BCUT2D eigenvalue weighted by atomic mass is 32.2. The maximum absolute atomic E-state index is 12.0. The van der Waals surface area contributed by atoms with Crippen LogP contribution in [0, 0.1) is 0 Å². The third kappa shape index (κ3) is 3.12. The standard InChI is InChI=1S/C12H10N2O3S2/c1-7(15)13-14-11(17)10(19-12(14)18)6-8-2-4-9(16)5-3-8/h2-6,16H,1H3,(H,13,15)/b10-6-. The third-order valence-electron chi connectivity index (χ3n) is 2.25. The number of nitrogens with one attached hydrogen (secondary N) is 1. The summed E-state index contributed by atoms with van der Waals surface area (Å²) in [6.07, 6.45) is 1.65. The number of carbonyl (C=O) groups is 2. The molecule has 2 N–H and O–H groups in total. The van der Waals surface area contributed by atoms with E-state index >= 15 is 0 Å². The molecule has 0 bridgehead atoms. The van der Waals surface area contributed by atoms with Crippen molar-refractivity contribution in [1.82, 2.24) is 10.4 Å². The van der Waals surface area contributed by atoms with Crippen LogP contribution >= 0.6 is 24.0 Å². The van der Waals surface area contributed by atoms with E-state index in [1.54, 1.807) is 18.2 Å². The lowest BCUT2D eigenvalue weighted by Crippen LogP contribution is -2.43. The largest absolute Gasteiger partial charge is 0.508 e. The van der Waals surface area contributed by atoms with Gasteiger partial charge >= 0.3 is 0 Å². The van der Waals surface area contributed by atoms with Gasteiger partial charge in [0, 0.05) is 6.92 Å². The van der Waals surface area contributed by atoms with E-state index in [1.807, 2.05) is 0 Å². The monoisotopic (exact) mass is 294 g/mol. The molecule has 1 heterocycles.